The zero-order chi connectivity index (χ0) is 11.5. The molecule has 0 aliphatic rings. The third kappa shape index (κ3) is 3.46. The van der Waals surface area contributed by atoms with Gasteiger partial charge in [-0.2, -0.15) is 0 Å². The van der Waals surface area contributed by atoms with Crippen molar-refractivity contribution in [3.05, 3.63) is 35.9 Å². The molecule has 0 aliphatic heterocycles. The molecule has 0 saturated carbocycles. The summed E-state index contributed by atoms with van der Waals surface area (Å²) in [7, 11) is 0. The lowest BCUT2D eigenvalue weighted by Gasteiger charge is -2.23. The second kappa shape index (κ2) is 4.55. The number of benzene rings is 1. The largest absolute Gasteiger partial charge is 0.390 e. The van der Waals surface area contributed by atoms with Crippen LogP contribution in [-0.2, 0) is 0 Å². The summed E-state index contributed by atoms with van der Waals surface area (Å²) >= 11 is 0. The van der Waals surface area contributed by atoms with Crippen molar-refractivity contribution in [1.29, 1.82) is 0 Å². The summed E-state index contributed by atoms with van der Waals surface area (Å²) in [6, 6.07) is 8.75. The molecule has 1 aromatic carbocycles. The average Bonchev–Trinajstić information content (AvgIpc) is 2.17. The third-order valence-corrected chi connectivity index (χ3v) is 2.29. The Hall–Kier alpha value is -1.19. The maximum absolute atomic E-state index is 11.6. The van der Waals surface area contributed by atoms with Crippen molar-refractivity contribution in [2.24, 2.45) is 0 Å². The molecule has 0 heterocycles. The molecule has 0 spiro atoms. The Balaban J connectivity index is 2.65. The van der Waals surface area contributed by atoms with Crippen molar-refractivity contribution in [3.8, 4) is 0 Å². The van der Waals surface area contributed by atoms with E-state index in [1.54, 1.807) is 24.3 Å². The van der Waals surface area contributed by atoms with Gasteiger partial charge in [-0.25, -0.2) is 0 Å². The zero-order valence-corrected chi connectivity index (χ0v) is 8.97. The van der Waals surface area contributed by atoms with E-state index in [1.807, 2.05) is 6.07 Å². The molecule has 3 nitrogen and oxygen atoms in total. The summed E-state index contributed by atoms with van der Waals surface area (Å²) in [6.07, 6.45) is -1.10. The number of rotatable bonds is 4. The molecule has 2 N–H and O–H groups in total. The molecule has 0 radical (unpaired) electrons. The minimum Gasteiger partial charge on any atom is -0.390 e. The van der Waals surface area contributed by atoms with Crippen LogP contribution < -0.4 is 0 Å². The molecule has 0 aliphatic carbocycles. The minimum absolute atomic E-state index is 0.0620. The number of hydrogen-bond donors (Lipinski definition) is 2. The number of aliphatic hydroxyl groups excluding tert-OH is 1. The van der Waals surface area contributed by atoms with Gasteiger partial charge < -0.3 is 10.2 Å². The molecule has 0 saturated heterocycles. The van der Waals surface area contributed by atoms with Crippen molar-refractivity contribution < 1.29 is 15.0 Å². The van der Waals surface area contributed by atoms with Gasteiger partial charge in [0.1, 0.15) is 0 Å². The van der Waals surface area contributed by atoms with E-state index in [-0.39, 0.29) is 12.2 Å². The Morgan fingerprint density at radius 3 is 2.33 bits per heavy atom. The highest BCUT2D eigenvalue weighted by Gasteiger charge is 2.26. The van der Waals surface area contributed by atoms with E-state index in [9.17, 15) is 15.0 Å². The lowest BCUT2D eigenvalue weighted by atomic mass is 9.95. The van der Waals surface area contributed by atoms with Gasteiger partial charge in [-0.15, -0.1) is 0 Å². The van der Waals surface area contributed by atoms with Crippen LogP contribution in [0.25, 0.3) is 0 Å². The predicted octanol–water partition coefficient (Wildman–Crippen LogP) is 1.39. The van der Waals surface area contributed by atoms with E-state index in [2.05, 4.69) is 0 Å². The number of ketones is 1. The van der Waals surface area contributed by atoms with Crippen LogP contribution in [0.2, 0.25) is 0 Å². The Bertz CT molecular complexity index is 324. The normalized spacial score (nSPS) is 13.6. The second-order valence-corrected chi connectivity index (χ2v) is 4.16. The number of carbonyl (C=O) groups excluding carboxylic acids is 1. The highest BCUT2D eigenvalue weighted by atomic mass is 16.3. The summed E-state index contributed by atoms with van der Waals surface area (Å²) in [5, 5.41) is 19.0. The highest BCUT2D eigenvalue weighted by molar-refractivity contribution is 5.96. The van der Waals surface area contributed by atoms with Gasteiger partial charge in [-0.05, 0) is 13.8 Å². The Morgan fingerprint density at radius 2 is 1.87 bits per heavy atom. The van der Waals surface area contributed by atoms with Gasteiger partial charge in [0.25, 0.3) is 0 Å². The number of carbonyl (C=O) groups is 1. The quantitative estimate of drug-likeness (QED) is 0.735. The van der Waals surface area contributed by atoms with Gasteiger partial charge >= 0.3 is 0 Å². The van der Waals surface area contributed by atoms with E-state index in [0.29, 0.717) is 5.56 Å². The lowest BCUT2D eigenvalue weighted by Crippen LogP contribution is -2.37. The average molecular weight is 208 g/mol. The molecule has 15 heavy (non-hydrogen) atoms. The molecule has 0 fully saturated rings. The van der Waals surface area contributed by atoms with Crippen LogP contribution in [0.15, 0.2) is 30.3 Å². The van der Waals surface area contributed by atoms with E-state index in [0.717, 1.165) is 0 Å². The van der Waals surface area contributed by atoms with Crippen LogP contribution in [0.3, 0.4) is 0 Å². The minimum atomic E-state index is -1.25. The molecular formula is C12H16O3. The predicted molar refractivity (Wildman–Crippen MR) is 57.7 cm³/mol. The fourth-order valence-corrected chi connectivity index (χ4v) is 1.17. The molecule has 1 aromatic rings. The summed E-state index contributed by atoms with van der Waals surface area (Å²) in [4.78, 5) is 11.6. The van der Waals surface area contributed by atoms with Crippen LogP contribution in [-0.4, -0.2) is 27.7 Å². The maximum atomic E-state index is 11.6. The van der Waals surface area contributed by atoms with Gasteiger partial charge in [-0.1, -0.05) is 30.3 Å². The van der Waals surface area contributed by atoms with Crippen LogP contribution in [0.1, 0.15) is 30.6 Å². The Morgan fingerprint density at radius 1 is 1.33 bits per heavy atom. The topological polar surface area (TPSA) is 57.5 Å². The van der Waals surface area contributed by atoms with Gasteiger partial charge in [0.2, 0.25) is 0 Å². The second-order valence-electron chi connectivity index (χ2n) is 4.16. The molecule has 1 unspecified atom stereocenters. The molecule has 82 valence electrons. The van der Waals surface area contributed by atoms with Crippen LogP contribution in [0, 0.1) is 0 Å². The van der Waals surface area contributed by atoms with Crippen LogP contribution >= 0.6 is 0 Å². The van der Waals surface area contributed by atoms with Crippen molar-refractivity contribution in [3.63, 3.8) is 0 Å². The van der Waals surface area contributed by atoms with Gasteiger partial charge in [0.05, 0.1) is 11.7 Å². The maximum Gasteiger partial charge on any atom is 0.165 e. The first-order valence-electron chi connectivity index (χ1n) is 4.90. The van der Waals surface area contributed by atoms with E-state index < -0.39 is 11.7 Å². The Kier molecular flexibility index (Phi) is 3.61. The summed E-state index contributed by atoms with van der Waals surface area (Å²) in [5.41, 5.74) is -0.689. The van der Waals surface area contributed by atoms with Gasteiger partial charge in [0, 0.05) is 12.0 Å². The zero-order valence-electron chi connectivity index (χ0n) is 8.97. The molecule has 3 heteroatoms. The molecular weight excluding hydrogens is 192 g/mol. The molecule has 1 rings (SSSR count). The Labute approximate surface area is 89.4 Å². The van der Waals surface area contributed by atoms with Gasteiger partial charge in [0.15, 0.2) is 5.78 Å². The van der Waals surface area contributed by atoms with E-state index in [1.165, 1.54) is 13.8 Å². The molecule has 1 atom stereocenters. The summed E-state index contributed by atoms with van der Waals surface area (Å²) in [6.45, 7) is 2.96. The van der Waals surface area contributed by atoms with E-state index in [4.69, 9.17) is 0 Å². The van der Waals surface area contributed by atoms with Crippen molar-refractivity contribution in [2.45, 2.75) is 32.0 Å². The first-order valence-corrected chi connectivity index (χ1v) is 4.90. The first-order chi connectivity index (χ1) is 6.91. The van der Waals surface area contributed by atoms with Crippen LogP contribution in [0.5, 0.6) is 0 Å². The third-order valence-electron chi connectivity index (χ3n) is 2.29. The fourth-order valence-electron chi connectivity index (χ4n) is 1.17. The van der Waals surface area contributed by atoms with Gasteiger partial charge in [-0.3, -0.25) is 4.79 Å². The highest BCUT2D eigenvalue weighted by Crippen LogP contribution is 2.14. The number of aliphatic hydroxyl groups is 2. The SMILES string of the molecule is CC(C)(O)C(O)CC(=O)c1ccccc1. The number of Topliss-reactive ketones (excluding diaryl/α,β-unsaturated/α-hetero) is 1. The number of hydrogen-bond acceptors (Lipinski definition) is 3. The monoisotopic (exact) mass is 208 g/mol. The van der Waals surface area contributed by atoms with Crippen molar-refractivity contribution >= 4 is 5.78 Å². The summed E-state index contributed by atoms with van der Waals surface area (Å²) < 4.78 is 0. The summed E-state index contributed by atoms with van der Waals surface area (Å²) in [5.74, 6) is -0.162. The molecule has 0 bridgehead atoms. The molecule has 0 amide bonds. The van der Waals surface area contributed by atoms with Crippen molar-refractivity contribution in [1.82, 2.24) is 0 Å². The van der Waals surface area contributed by atoms with Crippen LogP contribution in [0.4, 0.5) is 0 Å². The van der Waals surface area contributed by atoms with Crippen molar-refractivity contribution in [2.75, 3.05) is 0 Å². The molecule has 0 aromatic heterocycles. The smallest absolute Gasteiger partial charge is 0.165 e. The first kappa shape index (κ1) is 11.9. The van der Waals surface area contributed by atoms with E-state index >= 15 is 0 Å². The standard InChI is InChI=1S/C12H16O3/c1-12(2,15)11(14)8-10(13)9-6-4-3-5-7-9/h3-7,11,14-15H,8H2,1-2H3. The lowest BCUT2D eigenvalue weighted by molar-refractivity contribution is -0.0474. The fraction of sp³-hybridized carbons (Fsp3) is 0.417.